The molecule has 0 amide bonds. The fourth-order valence-corrected chi connectivity index (χ4v) is 4.97. The molecule has 0 radical (unpaired) electrons. The summed E-state index contributed by atoms with van der Waals surface area (Å²) in [6.45, 7) is 5.82. The van der Waals surface area contributed by atoms with E-state index in [9.17, 15) is 9.90 Å². The van der Waals surface area contributed by atoms with Gasteiger partial charge in [-0.2, -0.15) is 0 Å². The molecule has 0 aliphatic heterocycles. The van der Waals surface area contributed by atoms with Gasteiger partial charge < -0.3 is 14.6 Å². The molecule has 0 bridgehead atoms. The first-order valence-electron chi connectivity index (χ1n) is 10.5. The van der Waals surface area contributed by atoms with E-state index in [0.717, 1.165) is 35.1 Å². The summed E-state index contributed by atoms with van der Waals surface area (Å²) in [5.74, 6) is -0.820. The lowest BCUT2D eigenvalue weighted by Gasteiger charge is -2.21. The van der Waals surface area contributed by atoms with Crippen molar-refractivity contribution in [3.05, 3.63) is 87.1 Å². The summed E-state index contributed by atoms with van der Waals surface area (Å²) in [4.78, 5) is 18.1. The molecule has 1 unspecified atom stereocenters. The highest BCUT2D eigenvalue weighted by atomic mass is 16.6. The zero-order valence-corrected chi connectivity index (χ0v) is 18.7. The van der Waals surface area contributed by atoms with Crippen LogP contribution in [0.4, 0.5) is 0 Å². The van der Waals surface area contributed by atoms with Gasteiger partial charge in [-0.3, -0.25) is 0 Å². The highest BCUT2D eigenvalue weighted by Crippen LogP contribution is 2.75. The predicted octanol–water partition coefficient (Wildman–Crippen LogP) is 4.79. The number of esters is 1. The number of hydrogen-bond acceptors (Lipinski definition) is 4. The number of carbonyl (C=O) groups is 1. The Bertz CT molecular complexity index is 1100. The van der Waals surface area contributed by atoms with E-state index in [-0.39, 0.29) is 5.95 Å². The van der Waals surface area contributed by atoms with Crippen LogP contribution in [0.1, 0.15) is 43.0 Å². The van der Waals surface area contributed by atoms with Gasteiger partial charge in [0.2, 0.25) is 5.41 Å². The van der Waals surface area contributed by atoms with Gasteiger partial charge >= 0.3 is 5.97 Å². The minimum absolute atomic E-state index is 0.298. The second kappa shape index (κ2) is 7.16. The summed E-state index contributed by atoms with van der Waals surface area (Å²) < 4.78 is 10.6. The third-order valence-corrected chi connectivity index (χ3v) is 6.21. The van der Waals surface area contributed by atoms with Crippen molar-refractivity contribution in [2.24, 2.45) is 5.41 Å². The largest absolute Gasteiger partial charge is 0.481 e. The van der Waals surface area contributed by atoms with E-state index in [1.165, 1.54) is 14.2 Å². The maximum atomic E-state index is 13.5. The van der Waals surface area contributed by atoms with Gasteiger partial charge in [-0.1, -0.05) is 53.4 Å². The Labute approximate surface area is 183 Å². The fourth-order valence-electron chi connectivity index (χ4n) is 4.97. The van der Waals surface area contributed by atoms with Gasteiger partial charge in [-0.25, -0.2) is 4.79 Å². The van der Waals surface area contributed by atoms with E-state index < -0.39 is 22.3 Å². The van der Waals surface area contributed by atoms with E-state index >= 15 is 0 Å². The van der Waals surface area contributed by atoms with E-state index in [1.54, 1.807) is 0 Å². The Morgan fingerprint density at radius 2 is 1.48 bits per heavy atom. The third kappa shape index (κ3) is 2.85. The van der Waals surface area contributed by atoms with Gasteiger partial charge in [0.1, 0.15) is 0 Å². The van der Waals surface area contributed by atoms with Crippen molar-refractivity contribution in [2.75, 3.05) is 14.2 Å². The summed E-state index contributed by atoms with van der Waals surface area (Å²) in [5, 5.41) is 10.9. The van der Waals surface area contributed by atoms with Crippen LogP contribution in [0, 0.1) is 11.5 Å². The molecule has 4 rings (SSSR count). The van der Waals surface area contributed by atoms with Crippen molar-refractivity contribution in [1.29, 1.82) is 0 Å². The first kappa shape index (κ1) is 21.0. The lowest BCUT2D eigenvalue weighted by Crippen LogP contribution is -2.29. The number of benzene rings is 2. The monoisotopic (exact) mass is 418 g/mol. The maximum Gasteiger partial charge on any atom is 0.337 e. The molecule has 0 heterocycles. The van der Waals surface area contributed by atoms with Crippen molar-refractivity contribution in [3.63, 3.8) is 0 Å². The highest BCUT2D eigenvalue weighted by Gasteiger charge is 2.86. The second-order valence-electron chi connectivity index (χ2n) is 9.08. The molecule has 5 nitrogen and oxygen atoms in total. The number of carbonyl (C=O) groups excluding carboxylic acids is 1. The maximum absolute atomic E-state index is 13.5. The minimum Gasteiger partial charge on any atom is -0.481 e. The van der Waals surface area contributed by atoms with Crippen molar-refractivity contribution in [2.45, 2.75) is 44.6 Å². The topological polar surface area (TPSA) is 60.1 Å². The molecule has 0 saturated heterocycles. The minimum atomic E-state index is -1.42. The Morgan fingerprint density at radius 1 is 0.968 bits per heavy atom. The smallest absolute Gasteiger partial charge is 0.337 e. The van der Waals surface area contributed by atoms with E-state index in [2.05, 4.69) is 23.0 Å². The Balaban J connectivity index is 2.20. The third-order valence-electron chi connectivity index (χ3n) is 6.21. The van der Waals surface area contributed by atoms with Crippen LogP contribution in [0.15, 0.2) is 60.0 Å². The average Bonchev–Trinajstić information content (AvgIpc) is 3.42. The molecule has 1 fully saturated rings. The Morgan fingerprint density at radius 3 is 1.94 bits per heavy atom. The number of aliphatic hydroxyl groups is 1. The van der Waals surface area contributed by atoms with Crippen LogP contribution < -0.4 is 0 Å². The molecule has 2 aliphatic rings. The van der Waals surface area contributed by atoms with Crippen LogP contribution in [0.3, 0.4) is 0 Å². The molecule has 2 aliphatic carbocycles. The summed E-state index contributed by atoms with van der Waals surface area (Å²) in [6, 6.07) is 19.2. The van der Waals surface area contributed by atoms with Crippen LogP contribution in [0.2, 0.25) is 0 Å². The number of nitrogens with zero attached hydrogens (tertiary/aromatic N) is 1. The van der Waals surface area contributed by atoms with Crippen LogP contribution in [0.25, 0.3) is 4.85 Å². The van der Waals surface area contributed by atoms with Crippen LogP contribution in [0.5, 0.6) is 0 Å². The van der Waals surface area contributed by atoms with Crippen LogP contribution in [-0.2, 0) is 32.5 Å². The van der Waals surface area contributed by atoms with Crippen molar-refractivity contribution in [1.82, 2.24) is 0 Å². The number of ether oxygens (including phenoxy) is 2. The van der Waals surface area contributed by atoms with Crippen LogP contribution in [-0.4, -0.2) is 30.8 Å². The predicted molar refractivity (Wildman–Crippen MR) is 119 cm³/mol. The number of aryl methyl sites for hydroxylation is 2. The van der Waals surface area contributed by atoms with Gasteiger partial charge in [0.15, 0.2) is 0 Å². The molecule has 1 saturated carbocycles. The van der Waals surface area contributed by atoms with Crippen LogP contribution >= 0.6 is 0 Å². The van der Waals surface area contributed by atoms with Gasteiger partial charge in [0.05, 0.1) is 25.2 Å². The quantitative estimate of drug-likeness (QED) is 0.563. The summed E-state index contributed by atoms with van der Waals surface area (Å²) >= 11 is 0. The first-order valence-corrected chi connectivity index (χ1v) is 10.5. The van der Waals surface area contributed by atoms with Crippen molar-refractivity contribution < 1.29 is 19.4 Å². The van der Waals surface area contributed by atoms with E-state index in [4.69, 9.17) is 9.47 Å². The second-order valence-corrected chi connectivity index (χ2v) is 9.08. The highest BCUT2D eigenvalue weighted by molar-refractivity contribution is 6.00. The zero-order chi connectivity index (χ0) is 22.4. The number of hydrogen-bond donors (Lipinski definition) is 1. The molecule has 1 N–H and O–H groups in total. The number of aliphatic hydroxyl groups excluding tert-OH is 1. The standard InChI is InChI=1S/C26H27NO4/c1-24(2,3)27-16-25(23(29)31-5)21(22(28)30-4)26(25)19-12-8-6-10-17(19)14-15-18-11-7-9-13-20(18)26/h6-13H,14-15H2,1-5H3/p+1/b22-21+. The summed E-state index contributed by atoms with van der Waals surface area (Å²) in [5.41, 5.74) is 1.64. The molecule has 5 heteroatoms. The van der Waals surface area contributed by atoms with Gasteiger partial charge in [0, 0.05) is 20.8 Å². The van der Waals surface area contributed by atoms with E-state index in [1.807, 2.05) is 57.2 Å². The van der Waals surface area contributed by atoms with Gasteiger partial charge in [-0.05, 0) is 35.1 Å². The van der Waals surface area contributed by atoms with Gasteiger partial charge in [0.25, 0.3) is 17.6 Å². The molecule has 2 aromatic carbocycles. The molecular weight excluding hydrogens is 390 g/mol. The molecule has 1 atom stereocenters. The molecule has 160 valence electrons. The summed E-state index contributed by atoms with van der Waals surface area (Å²) in [7, 11) is 2.75. The molecule has 2 aromatic rings. The lowest BCUT2D eigenvalue weighted by molar-refractivity contribution is -0.144. The summed E-state index contributed by atoms with van der Waals surface area (Å²) in [6.07, 6.45) is 1.65. The van der Waals surface area contributed by atoms with E-state index in [0.29, 0.717) is 5.57 Å². The lowest BCUT2D eigenvalue weighted by atomic mass is 9.78. The first-order chi connectivity index (χ1) is 14.7. The molecule has 31 heavy (non-hydrogen) atoms. The SMILES string of the molecule is COC(=O)C1(C#[N+]C(C)(C)C)/C(=C(/O)OC)C12c1ccccc1CCc1ccccc12. The number of rotatable bonds is 2. The fraction of sp³-hybridized carbons (Fsp3) is 0.385. The van der Waals surface area contributed by atoms with Crippen molar-refractivity contribution >= 4 is 5.97 Å². The Kier molecular flexibility index (Phi) is 4.85. The number of fused-ring (bicyclic) bond motifs is 4. The molecule has 1 spiro atoms. The molecular formula is C26H28NO4+. The Hall–Kier alpha value is -3.26. The van der Waals surface area contributed by atoms with Crippen molar-refractivity contribution in [3.8, 4) is 6.07 Å². The average molecular weight is 419 g/mol. The zero-order valence-electron chi connectivity index (χ0n) is 18.7. The molecule has 0 aromatic heterocycles. The normalized spacial score (nSPS) is 22.2. The van der Waals surface area contributed by atoms with Gasteiger partial charge in [-0.15, -0.1) is 0 Å². The number of methoxy groups -OCH3 is 2.